The monoisotopic (exact) mass is 842 g/mol. The van der Waals surface area contributed by atoms with Gasteiger partial charge in [0.2, 0.25) is 0 Å². The van der Waals surface area contributed by atoms with Gasteiger partial charge in [-0.3, -0.25) is 0 Å². The molecule has 2 aliphatic heterocycles. The average molecular weight is 843 g/mol. The zero-order valence-electron chi connectivity index (χ0n) is 36.7. The summed E-state index contributed by atoms with van der Waals surface area (Å²) in [4.78, 5) is 2.75. The topological polar surface area (TPSA) is 36.9 Å². The molecule has 0 saturated heterocycles. The molecule has 0 aromatic heterocycles. The molecule has 4 unspecified atom stereocenters. The van der Waals surface area contributed by atoms with E-state index in [9.17, 15) is 0 Å². The lowest BCUT2D eigenvalue weighted by Gasteiger charge is -2.43. The number of ether oxygens (including phenoxy) is 4. The Labute approximate surface area is 364 Å². The first-order valence-electron chi connectivity index (χ1n) is 21.7. The quantitative estimate of drug-likeness (QED) is 0.0820. The largest absolute Gasteiger partial charge is 0.497 e. The van der Waals surface area contributed by atoms with Gasteiger partial charge in [-0.1, -0.05) is 115 Å². The van der Waals surface area contributed by atoms with Crippen LogP contribution in [0.15, 0.2) is 94.7 Å². The number of fused-ring (bicyclic) bond motifs is 2. The van der Waals surface area contributed by atoms with Crippen LogP contribution in [0.4, 0.5) is 0 Å². The summed E-state index contributed by atoms with van der Waals surface area (Å²) in [7, 11) is 6.94. The van der Waals surface area contributed by atoms with Gasteiger partial charge in [0.1, 0.15) is 23.0 Å². The van der Waals surface area contributed by atoms with Crippen molar-refractivity contribution < 1.29 is 18.9 Å². The van der Waals surface area contributed by atoms with Crippen LogP contribution < -0.4 is 18.9 Å². The second-order valence-corrected chi connectivity index (χ2v) is 19.8. The molecule has 4 aromatic carbocycles. The molecule has 4 nitrogen and oxygen atoms in total. The van der Waals surface area contributed by atoms with Gasteiger partial charge in [-0.15, -0.1) is 23.5 Å². The molecule has 0 radical (unpaired) electrons. The van der Waals surface area contributed by atoms with E-state index in [2.05, 4.69) is 124 Å². The summed E-state index contributed by atoms with van der Waals surface area (Å²) in [5, 5.41) is 0. The van der Waals surface area contributed by atoms with E-state index >= 15 is 0 Å². The molecule has 316 valence electrons. The van der Waals surface area contributed by atoms with Crippen LogP contribution >= 0.6 is 35.3 Å². The fourth-order valence-corrected chi connectivity index (χ4v) is 12.5. The van der Waals surface area contributed by atoms with E-state index in [0.717, 1.165) is 34.5 Å². The number of unbranched alkanes of at least 4 members (excludes halogenated alkanes) is 8. The van der Waals surface area contributed by atoms with Crippen molar-refractivity contribution in [3.63, 3.8) is 0 Å². The molecule has 2 aliphatic rings. The predicted octanol–water partition coefficient (Wildman–Crippen LogP) is 14.8. The minimum atomic E-state index is 0.118. The van der Waals surface area contributed by atoms with Crippen molar-refractivity contribution in [3.8, 4) is 23.0 Å². The molecule has 0 aliphatic carbocycles. The van der Waals surface area contributed by atoms with Crippen LogP contribution in [0.3, 0.4) is 0 Å². The first kappa shape index (κ1) is 46.2. The van der Waals surface area contributed by atoms with Gasteiger partial charge >= 0.3 is 0 Å². The molecule has 4 aromatic rings. The van der Waals surface area contributed by atoms with Crippen LogP contribution in [0, 0.1) is 0 Å². The van der Waals surface area contributed by atoms with Crippen LogP contribution in [0.5, 0.6) is 23.0 Å². The van der Waals surface area contributed by atoms with Gasteiger partial charge in [0.05, 0.1) is 28.4 Å². The van der Waals surface area contributed by atoms with E-state index in [1.807, 2.05) is 23.5 Å². The van der Waals surface area contributed by atoms with Gasteiger partial charge in [0, 0.05) is 32.1 Å². The molecule has 0 spiro atoms. The van der Waals surface area contributed by atoms with Crippen LogP contribution in [0.2, 0.25) is 0 Å². The number of rotatable bonds is 20. The van der Waals surface area contributed by atoms with Gasteiger partial charge in [0.25, 0.3) is 0 Å². The maximum absolute atomic E-state index is 5.53. The minimum Gasteiger partial charge on any atom is -0.497 e. The lowest BCUT2D eigenvalue weighted by molar-refractivity contribution is 0.369. The van der Waals surface area contributed by atoms with Crippen molar-refractivity contribution in [1.82, 2.24) is 0 Å². The molecule has 4 atom stereocenters. The summed E-state index contributed by atoms with van der Waals surface area (Å²) >= 11 is 6.07. The van der Waals surface area contributed by atoms with Crippen molar-refractivity contribution in [2.45, 2.75) is 131 Å². The predicted molar refractivity (Wildman–Crippen MR) is 253 cm³/mol. The summed E-state index contributed by atoms with van der Waals surface area (Å²) in [6.45, 7) is 9.45. The van der Waals surface area contributed by atoms with Crippen LogP contribution in [0.1, 0.15) is 132 Å². The molecule has 2 heterocycles. The Morgan fingerprint density at radius 1 is 0.534 bits per heavy atom. The number of thioether (sulfide) groups is 3. The first-order chi connectivity index (χ1) is 28.2. The third kappa shape index (κ3) is 11.9. The standard InChI is InChI=1S/C32H48O2S2.C19H22O2S/c1-5-6-13-22-35-23-14-11-9-7-8-10-12-15-30-29-21-20-28(34-4)24-31(29)36-25-32(30,2)26-16-18-27(33-3)19-17-26;1-13-17-10-9-16(21-4)11-18(17)22-12-19(13,2)14-5-7-15(20-3)8-6-14/h16-21,24,30H,5-15,22-23,25H2,1-4H3;5-11,13H,12H2,1-4H3. The molecule has 58 heavy (non-hydrogen) atoms. The van der Waals surface area contributed by atoms with Gasteiger partial charge in [-0.25, -0.2) is 0 Å². The SMILES string of the molecule is CCCCCSCCCCCCCCCC1c2ccc(OC)cc2SCC1(C)c1ccc(OC)cc1.COc1ccc(C2(C)CSc3cc(OC)ccc3C2C)cc1. The maximum atomic E-state index is 5.53. The second-order valence-electron chi connectivity index (χ2n) is 16.5. The zero-order chi connectivity index (χ0) is 41.4. The lowest BCUT2D eigenvalue weighted by atomic mass is 9.68. The Balaban J connectivity index is 0.000000247. The Morgan fingerprint density at radius 2 is 0.966 bits per heavy atom. The van der Waals surface area contributed by atoms with Crippen molar-refractivity contribution in [2.75, 3.05) is 51.5 Å². The zero-order valence-corrected chi connectivity index (χ0v) is 39.2. The molecule has 0 bridgehead atoms. The lowest BCUT2D eigenvalue weighted by Crippen LogP contribution is -2.36. The second kappa shape index (κ2) is 23.2. The maximum Gasteiger partial charge on any atom is 0.119 e. The highest BCUT2D eigenvalue weighted by Crippen LogP contribution is 2.53. The third-order valence-electron chi connectivity index (χ3n) is 12.7. The smallest absolute Gasteiger partial charge is 0.119 e. The molecule has 0 saturated carbocycles. The Morgan fingerprint density at radius 3 is 1.50 bits per heavy atom. The Kier molecular flexibility index (Phi) is 18.5. The molecule has 6 rings (SSSR count). The summed E-state index contributed by atoms with van der Waals surface area (Å²) in [5.41, 5.74) is 5.95. The average Bonchev–Trinajstić information content (AvgIpc) is 3.27. The van der Waals surface area contributed by atoms with Crippen molar-refractivity contribution >= 4 is 35.3 Å². The third-order valence-corrected chi connectivity index (χ3v) is 16.7. The highest BCUT2D eigenvalue weighted by molar-refractivity contribution is 7.99. The fraction of sp³-hybridized carbons (Fsp3) is 0.529. The number of methoxy groups -OCH3 is 4. The summed E-state index contributed by atoms with van der Waals surface area (Å²) in [6.07, 6.45) is 15.0. The summed E-state index contributed by atoms with van der Waals surface area (Å²) in [5.74, 6) is 9.62. The van der Waals surface area contributed by atoms with Gasteiger partial charge in [-0.05, 0) is 113 Å². The summed E-state index contributed by atoms with van der Waals surface area (Å²) < 4.78 is 21.6. The van der Waals surface area contributed by atoms with Crippen LogP contribution in [-0.2, 0) is 10.8 Å². The van der Waals surface area contributed by atoms with Gasteiger partial charge in [0.15, 0.2) is 0 Å². The van der Waals surface area contributed by atoms with E-state index in [-0.39, 0.29) is 10.8 Å². The van der Waals surface area contributed by atoms with E-state index in [1.165, 1.54) is 114 Å². The highest BCUT2D eigenvalue weighted by atomic mass is 32.2. The van der Waals surface area contributed by atoms with Crippen molar-refractivity contribution in [3.05, 3.63) is 107 Å². The molecule has 7 heteroatoms. The number of hydrogen-bond donors (Lipinski definition) is 0. The van der Waals surface area contributed by atoms with E-state index in [1.54, 1.807) is 28.4 Å². The minimum absolute atomic E-state index is 0.118. The highest BCUT2D eigenvalue weighted by Gasteiger charge is 2.41. The molecular formula is C51H70O4S3. The fourth-order valence-electron chi connectivity index (χ4n) is 8.57. The molecule has 0 fully saturated rings. The van der Waals surface area contributed by atoms with Gasteiger partial charge in [-0.2, -0.15) is 11.8 Å². The molecule has 0 amide bonds. The number of benzene rings is 4. The number of hydrogen-bond acceptors (Lipinski definition) is 7. The van der Waals surface area contributed by atoms with E-state index in [4.69, 9.17) is 18.9 Å². The Bertz CT molecular complexity index is 1810. The van der Waals surface area contributed by atoms with Crippen molar-refractivity contribution in [1.29, 1.82) is 0 Å². The van der Waals surface area contributed by atoms with E-state index < -0.39 is 0 Å². The Hall–Kier alpha value is -2.87. The van der Waals surface area contributed by atoms with Gasteiger partial charge < -0.3 is 18.9 Å². The normalized spacial score (nSPS) is 20.9. The summed E-state index contributed by atoms with van der Waals surface area (Å²) in [6, 6.07) is 30.5. The first-order valence-corrected chi connectivity index (χ1v) is 24.8. The van der Waals surface area contributed by atoms with E-state index in [0.29, 0.717) is 11.8 Å². The molecule has 0 N–H and O–H groups in total. The molecular weight excluding hydrogens is 773 g/mol. The van der Waals surface area contributed by atoms with Crippen molar-refractivity contribution in [2.24, 2.45) is 0 Å². The van der Waals surface area contributed by atoms with Crippen LogP contribution in [-0.4, -0.2) is 51.5 Å². The van der Waals surface area contributed by atoms with Crippen LogP contribution in [0.25, 0.3) is 0 Å².